The fraction of sp³-hybridized carbons (Fsp3) is 0.292. The third-order valence-corrected chi connectivity index (χ3v) is 5.45. The average Bonchev–Trinajstić information content (AvgIpc) is 2.82. The number of carbonyl (C=O) groups excluding carboxylic acids is 2. The van der Waals surface area contributed by atoms with Crippen LogP contribution < -0.4 is 10.5 Å². The summed E-state index contributed by atoms with van der Waals surface area (Å²) in [4.78, 5) is 39.7. The molecule has 0 N–H and O–H groups in total. The van der Waals surface area contributed by atoms with Crippen LogP contribution in [-0.2, 0) is 16.1 Å². The van der Waals surface area contributed by atoms with Crippen LogP contribution in [0.15, 0.2) is 47.3 Å². The first-order valence-electron chi connectivity index (χ1n) is 10.5. The highest BCUT2D eigenvalue weighted by Gasteiger charge is 2.22. The molecule has 1 heterocycles. The molecule has 1 amide bonds. The van der Waals surface area contributed by atoms with Crippen LogP contribution in [0.3, 0.4) is 0 Å². The molecule has 0 aliphatic heterocycles. The molecule has 0 aliphatic rings. The van der Waals surface area contributed by atoms with E-state index in [9.17, 15) is 14.4 Å². The summed E-state index contributed by atoms with van der Waals surface area (Å²) in [6.45, 7) is 3.64. The lowest BCUT2D eigenvalue weighted by Crippen LogP contribution is -2.36. The summed E-state index contributed by atoms with van der Waals surface area (Å²) in [6, 6.07) is 13.7. The third kappa shape index (κ3) is 5.38. The molecule has 0 radical (unpaired) electrons. The minimum absolute atomic E-state index is 0.0302. The normalized spacial score (nSPS) is 10.6. The smallest absolute Gasteiger partial charge is 0.359 e. The van der Waals surface area contributed by atoms with E-state index in [0.717, 1.165) is 5.56 Å². The first-order chi connectivity index (χ1) is 15.9. The fourth-order valence-corrected chi connectivity index (χ4v) is 3.50. The zero-order valence-corrected chi connectivity index (χ0v) is 19.1. The van der Waals surface area contributed by atoms with E-state index >= 15 is 0 Å². The van der Waals surface area contributed by atoms with Crippen molar-refractivity contribution in [3.05, 3.63) is 69.1 Å². The van der Waals surface area contributed by atoms with Gasteiger partial charge < -0.3 is 9.64 Å². The number of nitrogens with zero attached hydrogens (tertiary/aromatic N) is 4. The van der Waals surface area contributed by atoms with Crippen molar-refractivity contribution < 1.29 is 14.3 Å². The number of carbonyl (C=O) groups is 2. The van der Waals surface area contributed by atoms with Crippen LogP contribution in [0.25, 0.3) is 10.8 Å². The number of amides is 1. The van der Waals surface area contributed by atoms with Crippen molar-refractivity contribution in [2.45, 2.75) is 33.2 Å². The molecule has 3 rings (SSSR count). The second kappa shape index (κ2) is 10.7. The Morgan fingerprint density at radius 3 is 2.61 bits per heavy atom. The number of aryl methyl sites for hydroxylation is 2. The Morgan fingerprint density at radius 1 is 1.21 bits per heavy atom. The quantitative estimate of drug-likeness (QED) is 0.466. The largest absolute Gasteiger partial charge is 0.451 e. The second-order valence-corrected chi connectivity index (χ2v) is 7.79. The maximum atomic E-state index is 12.9. The first-order valence-corrected chi connectivity index (χ1v) is 10.9. The number of benzene rings is 2. The van der Waals surface area contributed by atoms with E-state index in [1.807, 2.05) is 13.0 Å². The van der Waals surface area contributed by atoms with Gasteiger partial charge in [0.05, 0.1) is 17.9 Å². The van der Waals surface area contributed by atoms with E-state index in [0.29, 0.717) is 34.4 Å². The number of hydrogen-bond donors (Lipinski definition) is 0. The van der Waals surface area contributed by atoms with Crippen LogP contribution in [0.4, 0.5) is 5.69 Å². The summed E-state index contributed by atoms with van der Waals surface area (Å²) in [7, 11) is 0. The van der Waals surface area contributed by atoms with E-state index in [2.05, 4.69) is 5.10 Å². The Morgan fingerprint density at radius 2 is 1.94 bits per heavy atom. The molecule has 8 nitrogen and oxygen atoms in total. The van der Waals surface area contributed by atoms with Crippen LogP contribution in [0.2, 0.25) is 5.02 Å². The van der Waals surface area contributed by atoms with Gasteiger partial charge in [-0.3, -0.25) is 9.59 Å². The monoisotopic (exact) mass is 466 g/mol. The predicted octanol–water partition coefficient (Wildman–Crippen LogP) is 3.87. The molecule has 9 heteroatoms. The molecule has 0 atom stereocenters. The van der Waals surface area contributed by atoms with Gasteiger partial charge in [-0.2, -0.15) is 10.4 Å². The van der Waals surface area contributed by atoms with Crippen LogP contribution in [0.5, 0.6) is 0 Å². The SMILES string of the molecule is CCCn1nc(C(=O)OCC(=O)N(CCC#N)c2ccc(Cl)c(C)c2)c2ccccc2c1=O. The van der Waals surface area contributed by atoms with Crippen molar-refractivity contribution in [2.24, 2.45) is 0 Å². The molecule has 0 saturated heterocycles. The summed E-state index contributed by atoms with van der Waals surface area (Å²) in [6.07, 6.45) is 0.766. The summed E-state index contributed by atoms with van der Waals surface area (Å²) in [5, 5.41) is 14.4. The number of hydrogen-bond acceptors (Lipinski definition) is 6. The standard InChI is InChI=1S/C24H23ClN4O4/c1-3-12-29-23(31)19-8-5-4-7-18(19)22(27-29)24(32)33-15-21(30)28(13-6-11-26)17-9-10-20(25)16(2)14-17/h4-5,7-10,14H,3,6,12-13,15H2,1-2H3. The van der Waals surface area contributed by atoms with Crippen molar-refractivity contribution >= 4 is 39.9 Å². The molecule has 0 fully saturated rings. The van der Waals surface area contributed by atoms with Gasteiger partial charge in [0.2, 0.25) is 0 Å². The Balaban J connectivity index is 1.85. The lowest BCUT2D eigenvalue weighted by atomic mass is 10.1. The lowest BCUT2D eigenvalue weighted by molar-refractivity contribution is -0.121. The van der Waals surface area contributed by atoms with Gasteiger partial charge in [0.1, 0.15) is 0 Å². The number of nitriles is 1. The van der Waals surface area contributed by atoms with Gasteiger partial charge in [0, 0.05) is 29.2 Å². The summed E-state index contributed by atoms with van der Waals surface area (Å²) in [5.41, 5.74) is 1.00. The maximum Gasteiger partial charge on any atom is 0.359 e. The molecule has 2 aromatic carbocycles. The zero-order valence-electron chi connectivity index (χ0n) is 18.4. The van der Waals surface area contributed by atoms with Crippen LogP contribution in [0, 0.1) is 18.3 Å². The number of anilines is 1. The molecule has 1 aromatic heterocycles. The fourth-order valence-electron chi connectivity index (χ4n) is 3.38. The van der Waals surface area contributed by atoms with Gasteiger partial charge in [-0.05, 0) is 43.2 Å². The zero-order chi connectivity index (χ0) is 24.0. The van der Waals surface area contributed by atoms with Gasteiger partial charge in [-0.1, -0.05) is 36.7 Å². The molecule has 0 saturated carbocycles. The van der Waals surface area contributed by atoms with E-state index in [4.69, 9.17) is 21.6 Å². The van der Waals surface area contributed by atoms with Crippen LogP contribution in [0.1, 0.15) is 35.8 Å². The van der Waals surface area contributed by atoms with Gasteiger partial charge in [0.15, 0.2) is 12.3 Å². The highest BCUT2D eigenvalue weighted by molar-refractivity contribution is 6.31. The Kier molecular flexibility index (Phi) is 7.80. The summed E-state index contributed by atoms with van der Waals surface area (Å²) < 4.78 is 6.52. The van der Waals surface area contributed by atoms with E-state index in [-0.39, 0.29) is 24.2 Å². The molecule has 0 unspecified atom stereocenters. The molecule has 33 heavy (non-hydrogen) atoms. The van der Waals surface area contributed by atoms with Crippen molar-refractivity contribution in [1.29, 1.82) is 5.26 Å². The number of rotatable bonds is 8. The number of aromatic nitrogens is 2. The van der Waals surface area contributed by atoms with Gasteiger partial charge in [-0.15, -0.1) is 0 Å². The minimum atomic E-state index is -0.808. The molecule has 0 bridgehead atoms. The third-order valence-electron chi connectivity index (χ3n) is 5.02. The summed E-state index contributed by atoms with van der Waals surface area (Å²) in [5.74, 6) is -1.30. The van der Waals surface area contributed by atoms with Crippen LogP contribution in [-0.4, -0.2) is 34.8 Å². The van der Waals surface area contributed by atoms with Crippen molar-refractivity contribution in [2.75, 3.05) is 18.1 Å². The minimum Gasteiger partial charge on any atom is -0.451 e. The number of esters is 1. The Labute approximate surface area is 195 Å². The molecule has 0 aliphatic carbocycles. The second-order valence-electron chi connectivity index (χ2n) is 7.39. The molecular formula is C24H23ClN4O4. The predicted molar refractivity (Wildman–Crippen MR) is 125 cm³/mol. The topological polar surface area (TPSA) is 105 Å². The van der Waals surface area contributed by atoms with Crippen molar-refractivity contribution in [3.8, 4) is 6.07 Å². The van der Waals surface area contributed by atoms with Gasteiger partial charge in [-0.25, -0.2) is 9.48 Å². The van der Waals surface area contributed by atoms with Crippen molar-refractivity contribution in [1.82, 2.24) is 9.78 Å². The highest BCUT2D eigenvalue weighted by atomic mass is 35.5. The number of ether oxygens (including phenoxy) is 1. The van der Waals surface area contributed by atoms with Gasteiger partial charge in [0.25, 0.3) is 11.5 Å². The highest BCUT2D eigenvalue weighted by Crippen LogP contribution is 2.23. The Hall–Kier alpha value is -3.70. The maximum absolute atomic E-state index is 12.9. The van der Waals surface area contributed by atoms with E-state index in [1.54, 1.807) is 49.4 Å². The van der Waals surface area contributed by atoms with E-state index in [1.165, 1.54) is 9.58 Å². The average molecular weight is 467 g/mol. The Bertz CT molecular complexity index is 1300. The molecule has 0 spiro atoms. The van der Waals surface area contributed by atoms with E-state index < -0.39 is 18.5 Å². The van der Waals surface area contributed by atoms with Crippen molar-refractivity contribution in [3.63, 3.8) is 0 Å². The summed E-state index contributed by atoms with van der Waals surface area (Å²) >= 11 is 6.08. The molecule has 170 valence electrons. The number of halogens is 1. The lowest BCUT2D eigenvalue weighted by Gasteiger charge is -2.22. The first kappa shape index (κ1) is 24.0. The van der Waals surface area contributed by atoms with Gasteiger partial charge >= 0.3 is 5.97 Å². The van der Waals surface area contributed by atoms with Crippen LogP contribution >= 0.6 is 11.6 Å². The molecular weight excluding hydrogens is 444 g/mol. The molecule has 3 aromatic rings. The number of fused-ring (bicyclic) bond motifs is 1.